The van der Waals surface area contributed by atoms with Crippen molar-refractivity contribution < 1.29 is 0 Å². The van der Waals surface area contributed by atoms with Crippen molar-refractivity contribution in [3.63, 3.8) is 0 Å². The number of para-hydroxylation sites is 1. The largest absolute Gasteiger partial charge is 0.314 e. The highest BCUT2D eigenvalue weighted by Gasteiger charge is 2.22. The molecule has 0 fully saturated rings. The fourth-order valence-corrected chi connectivity index (χ4v) is 11.3. The standard InChI is InChI=1S/C66H53N5Si/c1-72(2,3)59-41-32-49(33-42-59)48-28-37-56(38-29-48)70(55-35-26-47(27-36-55)46-16-7-4-8-17-46)57-39-30-50(31-40-57)53-34-43-63-61(45-53)60-24-13-14-25-62(60)71(63)58-23-15-22-54(44-58)66-68-64(51-18-9-5-10-19-51)67-65(69-66)52-20-11-6-12-21-52/h4-30,32-39,41-45H,31,40H2,1-3H3. The van der Waals surface area contributed by atoms with Gasteiger partial charge in [-0.1, -0.05) is 207 Å². The number of nitrogens with zero attached hydrogens (tertiary/aromatic N) is 5. The Morgan fingerprint density at radius 2 is 0.847 bits per heavy atom. The number of aromatic nitrogens is 4. The molecule has 0 saturated carbocycles. The highest BCUT2D eigenvalue weighted by Crippen LogP contribution is 2.40. The molecule has 0 atom stereocenters. The van der Waals surface area contributed by atoms with Gasteiger partial charge in [-0.25, -0.2) is 15.0 Å². The Balaban J connectivity index is 0.891. The van der Waals surface area contributed by atoms with Crippen LogP contribution in [0.25, 0.3) is 89.5 Å². The summed E-state index contributed by atoms with van der Waals surface area (Å²) in [5.74, 6) is 1.92. The van der Waals surface area contributed by atoms with Crippen LogP contribution in [0.15, 0.2) is 248 Å². The molecule has 12 rings (SSSR count). The molecule has 0 radical (unpaired) electrons. The Labute approximate surface area is 422 Å². The topological polar surface area (TPSA) is 46.8 Å². The van der Waals surface area contributed by atoms with Crippen molar-refractivity contribution in [3.05, 3.63) is 254 Å². The van der Waals surface area contributed by atoms with Gasteiger partial charge in [-0.2, -0.15) is 0 Å². The first kappa shape index (κ1) is 44.5. The molecule has 72 heavy (non-hydrogen) atoms. The normalized spacial score (nSPS) is 12.7. The predicted octanol–water partition coefficient (Wildman–Crippen LogP) is 16.7. The maximum atomic E-state index is 5.05. The molecule has 0 amide bonds. The van der Waals surface area contributed by atoms with Gasteiger partial charge in [0.1, 0.15) is 0 Å². The van der Waals surface area contributed by atoms with Crippen molar-refractivity contribution in [1.82, 2.24) is 19.5 Å². The van der Waals surface area contributed by atoms with Gasteiger partial charge in [-0.3, -0.25) is 0 Å². The van der Waals surface area contributed by atoms with Gasteiger partial charge in [0.05, 0.1) is 19.1 Å². The van der Waals surface area contributed by atoms with Crippen LogP contribution in [0, 0.1) is 0 Å². The average molecular weight is 944 g/mol. The van der Waals surface area contributed by atoms with E-state index in [1.165, 1.54) is 55.0 Å². The second-order valence-corrected chi connectivity index (χ2v) is 24.7. The third kappa shape index (κ3) is 8.78. The van der Waals surface area contributed by atoms with Crippen molar-refractivity contribution in [2.75, 3.05) is 4.90 Å². The number of allylic oxidation sites excluding steroid dienone is 4. The van der Waals surface area contributed by atoms with Crippen molar-refractivity contribution in [1.29, 1.82) is 0 Å². The van der Waals surface area contributed by atoms with E-state index < -0.39 is 8.07 Å². The summed E-state index contributed by atoms with van der Waals surface area (Å²) < 4.78 is 2.37. The van der Waals surface area contributed by atoms with E-state index in [-0.39, 0.29) is 0 Å². The minimum absolute atomic E-state index is 0.632. The van der Waals surface area contributed by atoms with E-state index in [1.807, 2.05) is 60.7 Å². The molecular weight excluding hydrogens is 891 g/mol. The molecule has 0 bridgehead atoms. The quantitative estimate of drug-likeness (QED) is 0.121. The van der Waals surface area contributed by atoms with Gasteiger partial charge < -0.3 is 9.47 Å². The predicted molar refractivity (Wildman–Crippen MR) is 305 cm³/mol. The van der Waals surface area contributed by atoms with E-state index in [0.29, 0.717) is 17.5 Å². The molecule has 2 heterocycles. The molecule has 0 aliphatic heterocycles. The first-order chi connectivity index (χ1) is 35.3. The van der Waals surface area contributed by atoms with Crippen LogP contribution in [0.4, 0.5) is 11.4 Å². The molecule has 0 N–H and O–H groups in total. The fraction of sp³-hybridized carbons (Fsp3) is 0.0758. The SMILES string of the molecule is C[Si](C)(C)c1ccc(-c2ccc(N(C3=CC=C(c4ccc5c(c4)c4ccccc4n5-c4cccc(-c5nc(-c6ccccc6)nc(-c6ccccc6)n5)c4)CC3)c3ccc(-c4ccccc4)cc3)cc2)cc1. The Morgan fingerprint density at radius 3 is 1.40 bits per heavy atom. The molecule has 5 nitrogen and oxygen atoms in total. The van der Waals surface area contributed by atoms with Gasteiger partial charge in [0.25, 0.3) is 0 Å². The minimum Gasteiger partial charge on any atom is -0.314 e. The number of rotatable bonds is 11. The third-order valence-electron chi connectivity index (χ3n) is 14.0. The van der Waals surface area contributed by atoms with Crippen LogP contribution in [0.5, 0.6) is 0 Å². The van der Waals surface area contributed by atoms with Crippen LogP contribution in [-0.2, 0) is 0 Å². The third-order valence-corrected chi connectivity index (χ3v) is 16.0. The molecule has 9 aromatic carbocycles. The summed E-state index contributed by atoms with van der Waals surface area (Å²) in [7, 11) is -1.38. The summed E-state index contributed by atoms with van der Waals surface area (Å²) >= 11 is 0. The summed E-state index contributed by atoms with van der Waals surface area (Å²) in [5.41, 5.74) is 17.2. The first-order valence-corrected chi connectivity index (χ1v) is 28.4. The first-order valence-electron chi connectivity index (χ1n) is 24.9. The number of benzene rings is 9. The summed E-state index contributed by atoms with van der Waals surface area (Å²) in [6.45, 7) is 7.20. The number of hydrogen-bond donors (Lipinski definition) is 0. The molecule has 11 aromatic rings. The lowest BCUT2D eigenvalue weighted by atomic mass is 9.93. The van der Waals surface area contributed by atoms with E-state index in [4.69, 9.17) is 15.0 Å². The van der Waals surface area contributed by atoms with Gasteiger partial charge in [0.15, 0.2) is 17.5 Å². The van der Waals surface area contributed by atoms with Crippen molar-refractivity contribution in [3.8, 4) is 62.1 Å². The van der Waals surface area contributed by atoms with Crippen molar-refractivity contribution in [2.45, 2.75) is 32.5 Å². The van der Waals surface area contributed by atoms with E-state index >= 15 is 0 Å². The molecule has 2 aromatic heterocycles. The molecule has 0 spiro atoms. The highest BCUT2D eigenvalue weighted by molar-refractivity contribution is 6.88. The van der Waals surface area contributed by atoms with Gasteiger partial charge in [-0.05, 0) is 107 Å². The highest BCUT2D eigenvalue weighted by atomic mass is 28.3. The zero-order valence-corrected chi connectivity index (χ0v) is 41.7. The number of fused-ring (bicyclic) bond motifs is 3. The van der Waals surface area contributed by atoms with E-state index in [0.717, 1.165) is 57.6 Å². The molecule has 6 heteroatoms. The molecule has 0 unspecified atom stereocenters. The average Bonchev–Trinajstić information content (AvgIpc) is 3.78. The second-order valence-electron chi connectivity index (χ2n) is 19.6. The Bertz CT molecular complexity index is 3740. The molecule has 1 aliphatic rings. The van der Waals surface area contributed by atoms with Crippen molar-refractivity contribution in [2.24, 2.45) is 0 Å². The monoisotopic (exact) mass is 943 g/mol. The molecular formula is C66H53N5Si. The lowest BCUT2D eigenvalue weighted by Gasteiger charge is -2.30. The summed E-state index contributed by atoms with van der Waals surface area (Å²) in [6.07, 6.45) is 6.48. The lowest BCUT2D eigenvalue weighted by Crippen LogP contribution is -2.37. The summed E-state index contributed by atoms with van der Waals surface area (Å²) in [5, 5.41) is 3.91. The minimum atomic E-state index is -1.38. The summed E-state index contributed by atoms with van der Waals surface area (Å²) in [4.78, 5) is 17.5. The Kier molecular flexibility index (Phi) is 11.7. The van der Waals surface area contributed by atoms with Crippen LogP contribution < -0.4 is 10.1 Å². The van der Waals surface area contributed by atoms with E-state index in [9.17, 15) is 0 Å². The lowest BCUT2D eigenvalue weighted by molar-refractivity contribution is 0.930. The van der Waals surface area contributed by atoms with Gasteiger partial charge in [0, 0.05) is 50.2 Å². The summed E-state index contributed by atoms with van der Waals surface area (Å²) in [6, 6.07) is 82.5. The zero-order chi connectivity index (χ0) is 48.6. The maximum absolute atomic E-state index is 5.05. The molecule has 346 valence electrons. The van der Waals surface area contributed by atoms with Crippen molar-refractivity contribution >= 4 is 52.0 Å². The van der Waals surface area contributed by atoms with Crippen LogP contribution >= 0.6 is 0 Å². The van der Waals surface area contributed by atoms with Crippen LogP contribution in [-0.4, -0.2) is 27.6 Å². The van der Waals surface area contributed by atoms with E-state index in [2.05, 4.69) is 211 Å². The van der Waals surface area contributed by atoms with Crippen LogP contribution in [0.1, 0.15) is 18.4 Å². The molecule has 1 aliphatic carbocycles. The zero-order valence-electron chi connectivity index (χ0n) is 40.7. The van der Waals surface area contributed by atoms with Crippen LogP contribution in [0.3, 0.4) is 0 Å². The number of anilines is 2. The Hall–Kier alpha value is -8.71. The smallest absolute Gasteiger partial charge is 0.164 e. The number of hydrogen-bond acceptors (Lipinski definition) is 4. The Morgan fingerprint density at radius 1 is 0.375 bits per heavy atom. The van der Waals surface area contributed by atoms with Gasteiger partial charge in [0.2, 0.25) is 0 Å². The molecule has 0 saturated heterocycles. The fourth-order valence-electron chi connectivity index (χ4n) is 10.1. The van der Waals surface area contributed by atoms with Gasteiger partial charge in [-0.15, -0.1) is 0 Å². The second kappa shape index (κ2) is 18.9. The van der Waals surface area contributed by atoms with E-state index in [1.54, 1.807) is 0 Å². The maximum Gasteiger partial charge on any atom is 0.164 e. The van der Waals surface area contributed by atoms with Crippen LogP contribution in [0.2, 0.25) is 19.6 Å². The van der Waals surface area contributed by atoms with Gasteiger partial charge >= 0.3 is 0 Å².